The van der Waals surface area contributed by atoms with Crippen LogP contribution in [-0.4, -0.2) is 29.9 Å². The largest absolute Gasteiger partial charge is 0.302 e. The van der Waals surface area contributed by atoms with E-state index in [-0.39, 0.29) is 0 Å². The smallest absolute Gasteiger partial charge is 0.00692 e. The first-order valence-electron chi connectivity index (χ1n) is 4.82. The third kappa shape index (κ3) is 3.06. The number of nitrogens with zero attached hydrogens (tertiary/aromatic N) is 1. The molecule has 1 nitrogen and oxygen atoms in total. The van der Waals surface area contributed by atoms with Gasteiger partial charge in [-0.1, -0.05) is 36.7 Å². The first-order chi connectivity index (χ1) is 5.53. The van der Waals surface area contributed by atoms with E-state index >= 15 is 0 Å². The molecule has 0 aromatic heterocycles. The molecular formula is C10H20BrN. The van der Waals surface area contributed by atoms with Crippen LogP contribution in [-0.2, 0) is 0 Å². The van der Waals surface area contributed by atoms with Crippen molar-refractivity contribution >= 4 is 15.9 Å². The van der Waals surface area contributed by atoms with Crippen molar-refractivity contribution in [3.8, 4) is 0 Å². The van der Waals surface area contributed by atoms with E-state index in [1.54, 1.807) is 0 Å². The van der Waals surface area contributed by atoms with Crippen LogP contribution in [0.25, 0.3) is 0 Å². The minimum absolute atomic E-state index is 0.562. The zero-order valence-electron chi connectivity index (χ0n) is 8.44. The van der Waals surface area contributed by atoms with E-state index in [0.717, 1.165) is 11.2 Å². The van der Waals surface area contributed by atoms with Gasteiger partial charge in [0.2, 0.25) is 0 Å². The van der Waals surface area contributed by atoms with Crippen molar-refractivity contribution in [2.24, 2.45) is 11.3 Å². The monoisotopic (exact) mass is 233 g/mol. The first-order valence-corrected chi connectivity index (χ1v) is 5.94. The highest BCUT2D eigenvalue weighted by Crippen LogP contribution is 2.29. The van der Waals surface area contributed by atoms with Crippen LogP contribution in [0.3, 0.4) is 0 Å². The van der Waals surface area contributed by atoms with Gasteiger partial charge in [0, 0.05) is 18.4 Å². The third-order valence-electron chi connectivity index (χ3n) is 2.59. The average molecular weight is 234 g/mol. The fourth-order valence-electron chi connectivity index (χ4n) is 1.87. The Balaban J connectivity index is 2.28. The highest BCUT2D eigenvalue weighted by Gasteiger charge is 2.29. The number of likely N-dealkylation sites (tertiary alicyclic amines) is 1. The van der Waals surface area contributed by atoms with Crippen LogP contribution in [0.4, 0.5) is 0 Å². The van der Waals surface area contributed by atoms with Crippen LogP contribution in [0.1, 0.15) is 27.2 Å². The van der Waals surface area contributed by atoms with Gasteiger partial charge in [0.25, 0.3) is 0 Å². The topological polar surface area (TPSA) is 3.24 Å². The quantitative estimate of drug-likeness (QED) is 0.679. The van der Waals surface area contributed by atoms with Crippen molar-refractivity contribution in [1.82, 2.24) is 4.90 Å². The maximum absolute atomic E-state index is 3.52. The zero-order chi connectivity index (χ0) is 9.19. The van der Waals surface area contributed by atoms with Crippen LogP contribution in [0.2, 0.25) is 0 Å². The highest BCUT2D eigenvalue weighted by atomic mass is 79.9. The molecule has 0 aromatic rings. The first kappa shape index (κ1) is 10.5. The molecule has 1 aliphatic rings. The van der Waals surface area contributed by atoms with Crippen molar-refractivity contribution < 1.29 is 0 Å². The lowest BCUT2D eigenvalue weighted by Crippen LogP contribution is -2.28. The number of rotatable bonds is 3. The molecule has 1 aliphatic heterocycles. The SMILES string of the molecule is CC(CBr)CN1CCC(C)(C)C1. The Labute approximate surface area is 84.6 Å². The van der Waals surface area contributed by atoms with Gasteiger partial charge in [-0.2, -0.15) is 0 Å². The van der Waals surface area contributed by atoms with Gasteiger partial charge >= 0.3 is 0 Å². The second kappa shape index (κ2) is 4.10. The van der Waals surface area contributed by atoms with Gasteiger partial charge in [-0.3, -0.25) is 0 Å². The molecule has 0 amide bonds. The number of alkyl halides is 1. The summed E-state index contributed by atoms with van der Waals surface area (Å²) in [6.45, 7) is 10.9. The summed E-state index contributed by atoms with van der Waals surface area (Å²) >= 11 is 3.52. The average Bonchev–Trinajstić information content (AvgIpc) is 2.30. The lowest BCUT2D eigenvalue weighted by atomic mass is 9.93. The van der Waals surface area contributed by atoms with Gasteiger partial charge < -0.3 is 4.90 Å². The zero-order valence-corrected chi connectivity index (χ0v) is 10.0. The minimum Gasteiger partial charge on any atom is -0.302 e. The Bertz CT molecular complexity index is 145. The fourth-order valence-corrected chi connectivity index (χ4v) is 2.07. The van der Waals surface area contributed by atoms with E-state index < -0.39 is 0 Å². The summed E-state index contributed by atoms with van der Waals surface area (Å²) in [5, 5.41) is 1.13. The van der Waals surface area contributed by atoms with Gasteiger partial charge in [-0.25, -0.2) is 0 Å². The minimum atomic E-state index is 0.562. The molecule has 0 spiro atoms. The molecular weight excluding hydrogens is 214 g/mol. The molecule has 1 unspecified atom stereocenters. The van der Waals surface area contributed by atoms with E-state index in [4.69, 9.17) is 0 Å². The second-order valence-electron chi connectivity index (χ2n) is 4.91. The molecule has 72 valence electrons. The summed E-state index contributed by atoms with van der Waals surface area (Å²) in [6.07, 6.45) is 1.36. The maximum Gasteiger partial charge on any atom is 0.00692 e. The molecule has 1 atom stereocenters. The summed E-state index contributed by atoms with van der Waals surface area (Å²) in [6, 6.07) is 0. The number of hydrogen-bond acceptors (Lipinski definition) is 1. The summed E-state index contributed by atoms with van der Waals surface area (Å²) in [5.74, 6) is 0.791. The van der Waals surface area contributed by atoms with Crippen LogP contribution in [0.15, 0.2) is 0 Å². The van der Waals surface area contributed by atoms with E-state index in [0.29, 0.717) is 5.41 Å². The van der Waals surface area contributed by atoms with Crippen LogP contribution < -0.4 is 0 Å². The predicted molar refractivity (Wildman–Crippen MR) is 57.8 cm³/mol. The Morgan fingerprint density at radius 2 is 2.17 bits per heavy atom. The Hall–Kier alpha value is 0.440. The Morgan fingerprint density at radius 1 is 1.50 bits per heavy atom. The van der Waals surface area contributed by atoms with Gasteiger partial charge in [-0.15, -0.1) is 0 Å². The van der Waals surface area contributed by atoms with E-state index in [9.17, 15) is 0 Å². The van der Waals surface area contributed by atoms with Gasteiger partial charge in [0.15, 0.2) is 0 Å². The fraction of sp³-hybridized carbons (Fsp3) is 1.00. The van der Waals surface area contributed by atoms with E-state index in [1.807, 2.05) is 0 Å². The third-order valence-corrected chi connectivity index (χ3v) is 3.70. The molecule has 12 heavy (non-hydrogen) atoms. The lowest BCUT2D eigenvalue weighted by molar-refractivity contribution is 0.265. The molecule has 0 aromatic carbocycles. The molecule has 2 heteroatoms. The van der Waals surface area contributed by atoms with E-state index in [1.165, 1.54) is 26.1 Å². The molecule has 1 heterocycles. The summed E-state index contributed by atoms with van der Waals surface area (Å²) in [5.41, 5.74) is 0.562. The van der Waals surface area contributed by atoms with Crippen molar-refractivity contribution in [3.63, 3.8) is 0 Å². The summed E-state index contributed by atoms with van der Waals surface area (Å²) in [4.78, 5) is 2.59. The summed E-state index contributed by atoms with van der Waals surface area (Å²) < 4.78 is 0. The Kier molecular flexibility index (Phi) is 3.59. The van der Waals surface area contributed by atoms with E-state index in [2.05, 4.69) is 41.6 Å². The number of hydrogen-bond donors (Lipinski definition) is 0. The molecule has 1 rings (SSSR count). The van der Waals surface area contributed by atoms with Crippen LogP contribution >= 0.6 is 15.9 Å². The van der Waals surface area contributed by atoms with Gasteiger partial charge in [-0.05, 0) is 24.3 Å². The predicted octanol–water partition coefficient (Wildman–Crippen LogP) is 2.75. The van der Waals surface area contributed by atoms with Crippen molar-refractivity contribution in [1.29, 1.82) is 0 Å². The molecule has 1 fully saturated rings. The highest BCUT2D eigenvalue weighted by molar-refractivity contribution is 9.09. The van der Waals surface area contributed by atoms with Crippen molar-refractivity contribution in [2.45, 2.75) is 27.2 Å². The molecule has 0 aliphatic carbocycles. The molecule has 0 N–H and O–H groups in total. The molecule has 0 saturated carbocycles. The van der Waals surface area contributed by atoms with Crippen LogP contribution in [0, 0.1) is 11.3 Å². The Morgan fingerprint density at radius 3 is 2.58 bits per heavy atom. The summed E-state index contributed by atoms with van der Waals surface area (Å²) in [7, 11) is 0. The maximum atomic E-state index is 3.52. The lowest BCUT2D eigenvalue weighted by Gasteiger charge is -2.21. The molecule has 0 radical (unpaired) electrons. The molecule has 1 saturated heterocycles. The number of halogens is 1. The van der Waals surface area contributed by atoms with Gasteiger partial charge in [0.05, 0.1) is 0 Å². The van der Waals surface area contributed by atoms with Crippen LogP contribution in [0.5, 0.6) is 0 Å². The molecule has 0 bridgehead atoms. The van der Waals surface area contributed by atoms with Gasteiger partial charge in [0.1, 0.15) is 0 Å². The standard InChI is InChI=1S/C10H20BrN/c1-9(6-11)7-12-5-4-10(2,3)8-12/h9H,4-8H2,1-3H3. The normalized spacial score (nSPS) is 26.0. The van der Waals surface area contributed by atoms with Crippen molar-refractivity contribution in [3.05, 3.63) is 0 Å². The second-order valence-corrected chi connectivity index (χ2v) is 5.56. The van der Waals surface area contributed by atoms with Crippen molar-refractivity contribution in [2.75, 3.05) is 25.0 Å².